The Hall–Kier alpha value is -0.0100. The monoisotopic (exact) mass is 288 g/mol. The second kappa shape index (κ2) is 5.36. The number of halogens is 2. The number of hydrogen-bond acceptors (Lipinski definition) is 0. The summed E-state index contributed by atoms with van der Waals surface area (Å²) in [6, 6.07) is 8.34. The zero-order valence-electron chi connectivity index (χ0n) is 9.56. The van der Waals surface area contributed by atoms with E-state index in [0.717, 1.165) is 12.8 Å². The first-order valence-corrected chi connectivity index (χ1v) is 6.51. The molecule has 1 atom stereocenters. The van der Waals surface area contributed by atoms with Crippen LogP contribution < -0.4 is 0 Å². The lowest BCUT2D eigenvalue weighted by Gasteiger charge is -2.25. The number of alkyl halides is 1. The molecule has 1 aromatic carbocycles. The van der Waals surface area contributed by atoms with E-state index in [1.54, 1.807) is 0 Å². The van der Waals surface area contributed by atoms with E-state index in [2.05, 4.69) is 54.9 Å². The van der Waals surface area contributed by atoms with Gasteiger partial charge >= 0.3 is 0 Å². The molecule has 0 radical (unpaired) electrons. The minimum absolute atomic E-state index is 0.183. The van der Waals surface area contributed by atoms with E-state index in [0.29, 0.717) is 0 Å². The van der Waals surface area contributed by atoms with Crippen LogP contribution in [0.15, 0.2) is 28.7 Å². The molecule has 0 spiro atoms. The van der Waals surface area contributed by atoms with Gasteiger partial charge in [0.1, 0.15) is 0 Å². The fraction of sp³-hybridized carbons (Fsp3) is 0.538. The van der Waals surface area contributed by atoms with Crippen LogP contribution >= 0.6 is 27.5 Å². The highest BCUT2D eigenvalue weighted by atomic mass is 79.9. The molecule has 0 aromatic heterocycles. The van der Waals surface area contributed by atoms with Gasteiger partial charge in [0.2, 0.25) is 0 Å². The second-order valence-corrected chi connectivity index (χ2v) is 6.34. The number of hydrogen-bond donors (Lipinski definition) is 0. The molecule has 0 aliphatic rings. The molecule has 0 saturated carbocycles. The van der Waals surface area contributed by atoms with Crippen molar-refractivity contribution in [1.82, 2.24) is 0 Å². The van der Waals surface area contributed by atoms with Crippen molar-refractivity contribution in [1.29, 1.82) is 0 Å². The van der Waals surface area contributed by atoms with Crippen molar-refractivity contribution >= 4 is 27.5 Å². The Bertz CT molecular complexity index is 315. The SMILES string of the molecule is CC(C)(C)C(Cl)CCc1ccccc1Br. The Labute approximate surface area is 106 Å². The molecule has 0 aliphatic heterocycles. The van der Waals surface area contributed by atoms with Gasteiger partial charge in [-0.3, -0.25) is 0 Å². The van der Waals surface area contributed by atoms with Crippen LogP contribution in [0.3, 0.4) is 0 Å². The zero-order chi connectivity index (χ0) is 11.5. The Morgan fingerprint density at radius 3 is 2.40 bits per heavy atom. The van der Waals surface area contributed by atoms with Gasteiger partial charge in [-0.25, -0.2) is 0 Å². The Morgan fingerprint density at radius 1 is 1.27 bits per heavy atom. The van der Waals surface area contributed by atoms with E-state index < -0.39 is 0 Å². The second-order valence-electron chi connectivity index (χ2n) is 4.96. The standard InChI is InChI=1S/C13H18BrCl/c1-13(2,3)12(15)9-8-10-6-4-5-7-11(10)14/h4-7,12H,8-9H2,1-3H3. The molecule has 0 amide bonds. The van der Waals surface area contributed by atoms with Crippen LogP contribution in [-0.4, -0.2) is 5.38 Å². The molecule has 1 aromatic rings. The third-order valence-electron chi connectivity index (χ3n) is 2.56. The van der Waals surface area contributed by atoms with E-state index in [9.17, 15) is 0 Å². The fourth-order valence-electron chi connectivity index (χ4n) is 1.42. The van der Waals surface area contributed by atoms with Crippen molar-refractivity contribution in [3.8, 4) is 0 Å². The Kier molecular flexibility index (Phi) is 4.66. The van der Waals surface area contributed by atoms with Crippen LogP contribution in [0.5, 0.6) is 0 Å². The summed E-state index contributed by atoms with van der Waals surface area (Å²) < 4.78 is 1.18. The highest BCUT2D eigenvalue weighted by Crippen LogP contribution is 2.29. The molecule has 0 fully saturated rings. The van der Waals surface area contributed by atoms with E-state index in [1.165, 1.54) is 10.0 Å². The summed E-state index contributed by atoms with van der Waals surface area (Å²) in [6.07, 6.45) is 2.06. The number of aryl methyl sites for hydroxylation is 1. The summed E-state index contributed by atoms with van der Waals surface area (Å²) in [5.74, 6) is 0. The first kappa shape index (κ1) is 13.1. The maximum Gasteiger partial charge on any atom is 0.0387 e. The van der Waals surface area contributed by atoms with E-state index in [4.69, 9.17) is 11.6 Å². The van der Waals surface area contributed by atoms with Gasteiger partial charge in [0.05, 0.1) is 0 Å². The van der Waals surface area contributed by atoms with Gasteiger partial charge in [-0.2, -0.15) is 0 Å². The van der Waals surface area contributed by atoms with Crippen molar-refractivity contribution in [2.75, 3.05) is 0 Å². The van der Waals surface area contributed by atoms with Crippen LogP contribution in [-0.2, 0) is 6.42 Å². The molecule has 0 heterocycles. The lowest BCUT2D eigenvalue weighted by Crippen LogP contribution is -2.21. The van der Waals surface area contributed by atoms with E-state index >= 15 is 0 Å². The smallest absolute Gasteiger partial charge is 0.0387 e. The first-order chi connectivity index (χ1) is 6.91. The van der Waals surface area contributed by atoms with Gasteiger partial charge in [0.15, 0.2) is 0 Å². The first-order valence-electron chi connectivity index (χ1n) is 5.29. The van der Waals surface area contributed by atoms with Gasteiger partial charge in [-0.15, -0.1) is 11.6 Å². The molecular formula is C13H18BrCl. The summed E-state index contributed by atoms with van der Waals surface area (Å²) in [5, 5.41) is 0.226. The van der Waals surface area contributed by atoms with Crippen molar-refractivity contribution in [2.45, 2.75) is 39.0 Å². The van der Waals surface area contributed by atoms with E-state index in [-0.39, 0.29) is 10.8 Å². The van der Waals surface area contributed by atoms with Crippen molar-refractivity contribution < 1.29 is 0 Å². The maximum atomic E-state index is 6.34. The maximum absolute atomic E-state index is 6.34. The molecule has 0 bridgehead atoms. The molecular weight excluding hydrogens is 272 g/mol. The van der Waals surface area contributed by atoms with Gasteiger partial charge in [-0.05, 0) is 29.9 Å². The normalized spacial score (nSPS) is 13.9. The van der Waals surface area contributed by atoms with Crippen molar-refractivity contribution in [3.63, 3.8) is 0 Å². The Morgan fingerprint density at radius 2 is 1.87 bits per heavy atom. The van der Waals surface area contributed by atoms with Crippen LogP contribution in [0.1, 0.15) is 32.8 Å². The van der Waals surface area contributed by atoms with Crippen molar-refractivity contribution in [3.05, 3.63) is 34.3 Å². The molecule has 0 saturated heterocycles. The summed E-state index contributed by atoms with van der Waals surface area (Å²) in [4.78, 5) is 0. The van der Waals surface area contributed by atoms with Crippen LogP contribution in [0.4, 0.5) is 0 Å². The average Bonchev–Trinajstić information content (AvgIpc) is 2.14. The fourth-order valence-corrected chi connectivity index (χ4v) is 2.01. The third-order valence-corrected chi connectivity index (χ3v) is 4.21. The molecule has 0 aliphatic carbocycles. The van der Waals surface area contributed by atoms with E-state index in [1.807, 2.05) is 6.07 Å². The highest BCUT2D eigenvalue weighted by molar-refractivity contribution is 9.10. The lowest BCUT2D eigenvalue weighted by atomic mass is 9.88. The molecule has 1 rings (SSSR count). The zero-order valence-corrected chi connectivity index (χ0v) is 11.9. The minimum atomic E-state index is 0.183. The van der Waals surface area contributed by atoms with Crippen LogP contribution in [0.25, 0.3) is 0 Å². The summed E-state index contributed by atoms with van der Waals surface area (Å²) in [5.41, 5.74) is 1.52. The van der Waals surface area contributed by atoms with Crippen LogP contribution in [0, 0.1) is 5.41 Å². The molecule has 1 unspecified atom stereocenters. The molecule has 0 N–H and O–H groups in total. The predicted octanol–water partition coefficient (Wildman–Crippen LogP) is 5.04. The molecule has 15 heavy (non-hydrogen) atoms. The highest BCUT2D eigenvalue weighted by Gasteiger charge is 2.21. The van der Waals surface area contributed by atoms with Crippen molar-refractivity contribution in [2.24, 2.45) is 5.41 Å². The lowest BCUT2D eigenvalue weighted by molar-refractivity contribution is 0.374. The van der Waals surface area contributed by atoms with Gasteiger partial charge in [0.25, 0.3) is 0 Å². The summed E-state index contributed by atoms with van der Waals surface area (Å²) in [7, 11) is 0. The largest absolute Gasteiger partial charge is 0.122 e. The quantitative estimate of drug-likeness (QED) is 0.684. The average molecular weight is 290 g/mol. The minimum Gasteiger partial charge on any atom is -0.122 e. The number of rotatable bonds is 3. The molecule has 84 valence electrons. The summed E-state index contributed by atoms with van der Waals surface area (Å²) in [6.45, 7) is 6.56. The Balaban J connectivity index is 2.55. The number of benzene rings is 1. The summed E-state index contributed by atoms with van der Waals surface area (Å²) >= 11 is 9.90. The third kappa shape index (κ3) is 4.16. The topological polar surface area (TPSA) is 0 Å². The van der Waals surface area contributed by atoms with Gasteiger partial charge < -0.3 is 0 Å². The van der Waals surface area contributed by atoms with Gasteiger partial charge in [0, 0.05) is 9.85 Å². The van der Waals surface area contributed by atoms with Gasteiger partial charge in [-0.1, -0.05) is 54.9 Å². The van der Waals surface area contributed by atoms with Crippen LogP contribution in [0.2, 0.25) is 0 Å². The predicted molar refractivity (Wildman–Crippen MR) is 71.6 cm³/mol. The molecule has 2 heteroatoms. The molecule has 0 nitrogen and oxygen atoms in total.